The summed E-state index contributed by atoms with van der Waals surface area (Å²) in [6.45, 7) is 10.5. The summed E-state index contributed by atoms with van der Waals surface area (Å²) in [6, 6.07) is 0. The van der Waals surface area contributed by atoms with Crippen LogP contribution in [0.2, 0.25) is 0 Å². The maximum absolute atomic E-state index is 12.3. The van der Waals surface area contributed by atoms with Gasteiger partial charge in [0.1, 0.15) is 5.82 Å². The Kier molecular flexibility index (Phi) is 10.3. The molecule has 3 rings (SSSR count). The Morgan fingerprint density at radius 3 is 2.75 bits per heavy atom. The van der Waals surface area contributed by atoms with Crippen LogP contribution in [0.15, 0.2) is 9.79 Å². The molecule has 160 valence electrons. The van der Waals surface area contributed by atoms with Gasteiger partial charge in [0.2, 0.25) is 0 Å². The summed E-state index contributed by atoms with van der Waals surface area (Å²) in [5.41, 5.74) is 0.0317. The Morgan fingerprint density at radius 1 is 1.18 bits per heavy atom. The molecule has 1 saturated heterocycles. The molecule has 2 aliphatic rings. The third kappa shape index (κ3) is 6.73. The first-order valence-corrected chi connectivity index (χ1v) is 10.3. The number of nitrogens with one attached hydrogen (secondary N) is 2. The largest absolute Gasteiger partial charge is 0.379 e. The van der Waals surface area contributed by atoms with Crippen LogP contribution >= 0.6 is 24.0 Å². The SMILES string of the molecule is CCNC(=NCCCn1nc2n(c1=O)CCCC2)NCCN1CCOCC1.I. The molecule has 0 amide bonds. The first-order chi connectivity index (χ1) is 13.3. The van der Waals surface area contributed by atoms with Gasteiger partial charge in [0, 0.05) is 58.8 Å². The molecule has 0 bridgehead atoms. The van der Waals surface area contributed by atoms with Gasteiger partial charge in [0.05, 0.1) is 13.2 Å². The Morgan fingerprint density at radius 2 is 2.00 bits per heavy atom. The van der Waals surface area contributed by atoms with E-state index >= 15 is 0 Å². The number of aryl methyl sites for hydroxylation is 2. The van der Waals surface area contributed by atoms with Crippen molar-refractivity contribution in [3.63, 3.8) is 0 Å². The van der Waals surface area contributed by atoms with E-state index in [0.717, 1.165) is 89.9 Å². The summed E-state index contributed by atoms with van der Waals surface area (Å²) in [4.78, 5) is 19.3. The molecule has 1 aromatic rings. The highest BCUT2D eigenvalue weighted by molar-refractivity contribution is 14.0. The molecule has 0 saturated carbocycles. The molecule has 3 heterocycles. The molecule has 2 N–H and O–H groups in total. The van der Waals surface area contributed by atoms with E-state index in [-0.39, 0.29) is 29.7 Å². The smallest absolute Gasteiger partial charge is 0.345 e. The molecule has 9 nitrogen and oxygen atoms in total. The average molecular weight is 507 g/mol. The zero-order valence-corrected chi connectivity index (χ0v) is 19.2. The number of guanidine groups is 1. The zero-order chi connectivity index (χ0) is 18.9. The van der Waals surface area contributed by atoms with Crippen LogP contribution in [0.25, 0.3) is 0 Å². The summed E-state index contributed by atoms with van der Waals surface area (Å²) >= 11 is 0. The summed E-state index contributed by atoms with van der Waals surface area (Å²) in [5, 5.41) is 11.1. The van der Waals surface area contributed by atoms with Gasteiger partial charge in [-0.05, 0) is 26.2 Å². The number of hydrogen-bond donors (Lipinski definition) is 2. The van der Waals surface area contributed by atoms with E-state index in [1.165, 1.54) is 0 Å². The fraction of sp³-hybridized carbons (Fsp3) is 0.833. The lowest BCUT2D eigenvalue weighted by molar-refractivity contribution is 0.0389. The van der Waals surface area contributed by atoms with E-state index in [2.05, 4.69) is 32.5 Å². The van der Waals surface area contributed by atoms with Gasteiger partial charge in [-0.2, -0.15) is 5.10 Å². The predicted octanol–water partition coefficient (Wildman–Crippen LogP) is 0.277. The highest BCUT2D eigenvalue weighted by Crippen LogP contribution is 2.09. The van der Waals surface area contributed by atoms with Crippen molar-refractivity contribution in [1.82, 2.24) is 29.9 Å². The lowest BCUT2D eigenvalue weighted by Gasteiger charge is -2.26. The van der Waals surface area contributed by atoms with Crippen LogP contribution in [0.5, 0.6) is 0 Å². The van der Waals surface area contributed by atoms with E-state index in [4.69, 9.17) is 4.74 Å². The van der Waals surface area contributed by atoms with Crippen LogP contribution in [0.4, 0.5) is 0 Å². The molecule has 0 aromatic carbocycles. The molecular weight excluding hydrogens is 473 g/mol. The molecule has 2 aliphatic heterocycles. The number of aliphatic imine (C=N–C) groups is 1. The summed E-state index contributed by atoms with van der Waals surface area (Å²) in [7, 11) is 0. The molecular formula is C18H34IN7O2. The topological polar surface area (TPSA) is 88.7 Å². The molecule has 28 heavy (non-hydrogen) atoms. The second-order valence-corrected chi connectivity index (χ2v) is 7.03. The van der Waals surface area contributed by atoms with E-state index in [1.807, 2.05) is 4.57 Å². The molecule has 0 spiro atoms. The summed E-state index contributed by atoms with van der Waals surface area (Å²) in [5.74, 6) is 1.77. The third-order valence-electron chi connectivity index (χ3n) is 5.00. The maximum atomic E-state index is 12.3. The van der Waals surface area contributed by atoms with Crippen LogP contribution in [-0.2, 0) is 24.2 Å². The molecule has 1 aromatic heterocycles. The van der Waals surface area contributed by atoms with Crippen molar-refractivity contribution in [2.75, 3.05) is 52.5 Å². The number of hydrogen-bond acceptors (Lipinski definition) is 5. The first-order valence-electron chi connectivity index (χ1n) is 10.3. The standard InChI is InChI=1S/C18H33N7O2.HI/c1-2-19-17(21-8-11-23-12-14-27-15-13-23)20-7-5-10-25-18(26)24-9-4-3-6-16(24)22-25;/h2-15H2,1H3,(H2,19,20,21);1H. The van der Waals surface area contributed by atoms with Gasteiger partial charge in [0.15, 0.2) is 5.96 Å². The van der Waals surface area contributed by atoms with E-state index in [0.29, 0.717) is 13.1 Å². The number of halogens is 1. The minimum absolute atomic E-state index is 0. The normalized spacial score (nSPS) is 17.7. The summed E-state index contributed by atoms with van der Waals surface area (Å²) in [6.07, 6.45) is 3.92. The van der Waals surface area contributed by atoms with E-state index in [9.17, 15) is 4.79 Å². The highest BCUT2D eigenvalue weighted by Gasteiger charge is 2.16. The lowest BCUT2D eigenvalue weighted by Crippen LogP contribution is -2.44. The van der Waals surface area contributed by atoms with Gasteiger partial charge >= 0.3 is 5.69 Å². The first kappa shape index (κ1) is 23.1. The Balaban J connectivity index is 0.00000280. The highest BCUT2D eigenvalue weighted by atomic mass is 127. The van der Waals surface area contributed by atoms with Crippen molar-refractivity contribution in [1.29, 1.82) is 0 Å². The van der Waals surface area contributed by atoms with Crippen LogP contribution < -0.4 is 16.3 Å². The minimum atomic E-state index is 0. The molecule has 1 fully saturated rings. The molecule has 0 radical (unpaired) electrons. The minimum Gasteiger partial charge on any atom is -0.379 e. The Hall–Kier alpha value is -1.14. The monoisotopic (exact) mass is 507 g/mol. The molecule has 10 heteroatoms. The number of fused-ring (bicyclic) bond motifs is 1. The van der Waals surface area contributed by atoms with Gasteiger partial charge in [-0.1, -0.05) is 0 Å². The van der Waals surface area contributed by atoms with Crippen LogP contribution in [0, 0.1) is 0 Å². The van der Waals surface area contributed by atoms with Crippen molar-refractivity contribution >= 4 is 29.9 Å². The fourth-order valence-corrected chi connectivity index (χ4v) is 3.50. The van der Waals surface area contributed by atoms with Gasteiger partial charge in [-0.25, -0.2) is 9.48 Å². The second kappa shape index (κ2) is 12.4. The van der Waals surface area contributed by atoms with E-state index < -0.39 is 0 Å². The maximum Gasteiger partial charge on any atom is 0.345 e. The van der Waals surface area contributed by atoms with Gasteiger partial charge in [-0.3, -0.25) is 14.5 Å². The van der Waals surface area contributed by atoms with Crippen molar-refractivity contribution in [2.45, 2.75) is 45.7 Å². The van der Waals surface area contributed by atoms with Crippen molar-refractivity contribution in [3.8, 4) is 0 Å². The van der Waals surface area contributed by atoms with Gasteiger partial charge in [-0.15, -0.1) is 24.0 Å². The Bertz CT molecular complexity index is 667. The molecule has 0 aliphatic carbocycles. The zero-order valence-electron chi connectivity index (χ0n) is 16.9. The van der Waals surface area contributed by atoms with Crippen molar-refractivity contribution in [2.24, 2.45) is 4.99 Å². The van der Waals surface area contributed by atoms with Crippen molar-refractivity contribution in [3.05, 3.63) is 16.3 Å². The second-order valence-electron chi connectivity index (χ2n) is 7.03. The van der Waals surface area contributed by atoms with Gasteiger partial charge in [0.25, 0.3) is 0 Å². The van der Waals surface area contributed by atoms with E-state index in [1.54, 1.807) is 4.68 Å². The number of aromatic nitrogens is 3. The molecule has 0 unspecified atom stereocenters. The summed E-state index contributed by atoms with van der Waals surface area (Å²) < 4.78 is 8.80. The van der Waals surface area contributed by atoms with Crippen LogP contribution in [0.3, 0.4) is 0 Å². The van der Waals surface area contributed by atoms with Gasteiger partial charge < -0.3 is 15.4 Å². The van der Waals surface area contributed by atoms with Crippen LogP contribution in [0.1, 0.15) is 32.0 Å². The fourth-order valence-electron chi connectivity index (χ4n) is 3.50. The average Bonchev–Trinajstić information content (AvgIpc) is 3.02. The number of rotatable bonds is 8. The number of ether oxygens (including phenoxy) is 1. The quantitative estimate of drug-likeness (QED) is 0.228. The number of nitrogens with zero attached hydrogens (tertiary/aromatic N) is 5. The number of morpholine rings is 1. The lowest BCUT2D eigenvalue weighted by atomic mass is 10.2. The molecule has 0 atom stereocenters. The van der Waals surface area contributed by atoms with Crippen LogP contribution in [-0.4, -0.2) is 77.7 Å². The van der Waals surface area contributed by atoms with Crippen molar-refractivity contribution < 1.29 is 4.74 Å². The Labute approximate surface area is 183 Å². The predicted molar refractivity (Wildman–Crippen MR) is 121 cm³/mol. The third-order valence-corrected chi connectivity index (χ3v) is 5.00.